The summed E-state index contributed by atoms with van der Waals surface area (Å²) in [5.41, 5.74) is 2.31. The van der Waals surface area contributed by atoms with Crippen LogP contribution in [0.5, 0.6) is 0 Å². The van der Waals surface area contributed by atoms with Gasteiger partial charge < -0.3 is 10.2 Å². The Bertz CT molecular complexity index is 1060. The maximum atomic E-state index is 12.9. The molecule has 0 saturated carbocycles. The van der Waals surface area contributed by atoms with E-state index in [0.29, 0.717) is 36.3 Å². The Balaban J connectivity index is 1.73. The van der Waals surface area contributed by atoms with E-state index >= 15 is 0 Å². The number of carbonyl (C=O) groups excluding carboxylic acids is 2. The average Bonchev–Trinajstić information content (AvgIpc) is 3.23. The third-order valence-corrected chi connectivity index (χ3v) is 6.91. The summed E-state index contributed by atoms with van der Waals surface area (Å²) in [6.45, 7) is 6.69. The van der Waals surface area contributed by atoms with E-state index < -0.39 is 16.1 Å². The number of hydrogen-bond donors (Lipinski definition) is 2. The first kappa shape index (κ1) is 22.8. The van der Waals surface area contributed by atoms with Gasteiger partial charge in [-0.05, 0) is 74.6 Å². The number of hydrogen-bond acceptors (Lipinski definition) is 4. The van der Waals surface area contributed by atoms with Crippen molar-refractivity contribution >= 4 is 27.5 Å². The molecule has 0 aliphatic carbocycles. The summed E-state index contributed by atoms with van der Waals surface area (Å²) in [6.07, 6.45) is 2.27. The second-order valence-corrected chi connectivity index (χ2v) is 9.55. The van der Waals surface area contributed by atoms with Gasteiger partial charge in [0.2, 0.25) is 5.91 Å². The zero-order valence-electron chi connectivity index (χ0n) is 18.1. The molecule has 7 nitrogen and oxygen atoms in total. The molecule has 1 aliphatic rings. The smallest absolute Gasteiger partial charge is 0.262 e. The van der Waals surface area contributed by atoms with Gasteiger partial charge >= 0.3 is 0 Å². The molecule has 2 amide bonds. The van der Waals surface area contributed by atoms with Crippen LogP contribution in [0, 0.1) is 13.8 Å². The second-order valence-electron chi connectivity index (χ2n) is 7.90. The molecule has 3 rings (SSSR count). The number of nitrogens with zero attached hydrogens (tertiary/aromatic N) is 1. The lowest BCUT2D eigenvalue weighted by Gasteiger charge is -2.24. The summed E-state index contributed by atoms with van der Waals surface area (Å²) >= 11 is 0. The van der Waals surface area contributed by atoms with Crippen LogP contribution >= 0.6 is 0 Å². The highest BCUT2D eigenvalue weighted by Gasteiger charge is 2.34. The molecule has 1 saturated heterocycles. The normalized spacial score (nSPS) is 16.2. The summed E-state index contributed by atoms with van der Waals surface area (Å²) in [5, 5.41) is 2.86. The van der Waals surface area contributed by atoms with Crippen LogP contribution < -0.4 is 10.0 Å². The fourth-order valence-electron chi connectivity index (χ4n) is 3.70. The molecule has 0 unspecified atom stereocenters. The number of aryl methyl sites for hydroxylation is 2. The van der Waals surface area contributed by atoms with Gasteiger partial charge in [0, 0.05) is 24.3 Å². The fraction of sp³-hybridized carbons (Fsp3) is 0.391. The minimum atomic E-state index is -3.74. The number of carbonyl (C=O) groups is 2. The molecule has 1 atom stereocenters. The SMILES string of the molecule is CCCNC(=O)[C@@H]1CCCN1C(=O)c1ccc(NS(=O)(=O)c2cc(C)ccc2C)cc1. The maximum absolute atomic E-state index is 12.9. The lowest BCUT2D eigenvalue weighted by Crippen LogP contribution is -2.46. The van der Waals surface area contributed by atoms with E-state index in [0.717, 1.165) is 18.4 Å². The van der Waals surface area contributed by atoms with Crippen LogP contribution in [0.2, 0.25) is 0 Å². The zero-order valence-corrected chi connectivity index (χ0v) is 19.0. The van der Waals surface area contributed by atoms with E-state index in [1.807, 2.05) is 19.9 Å². The van der Waals surface area contributed by atoms with Gasteiger partial charge in [-0.2, -0.15) is 0 Å². The average molecular weight is 444 g/mol. The van der Waals surface area contributed by atoms with Gasteiger partial charge in [-0.15, -0.1) is 0 Å². The quantitative estimate of drug-likeness (QED) is 0.687. The van der Waals surface area contributed by atoms with E-state index in [4.69, 9.17) is 0 Å². The molecule has 0 aromatic heterocycles. The predicted octanol–water partition coefficient (Wildman–Crippen LogP) is 3.24. The van der Waals surface area contributed by atoms with Crippen molar-refractivity contribution in [3.63, 3.8) is 0 Å². The van der Waals surface area contributed by atoms with Crippen LogP contribution in [-0.2, 0) is 14.8 Å². The summed E-state index contributed by atoms with van der Waals surface area (Å²) in [7, 11) is -3.74. The van der Waals surface area contributed by atoms with E-state index in [9.17, 15) is 18.0 Å². The van der Waals surface area contributed by atoms with E-state index in [-0.39, 0.29) is 16.7 Å². The van der Waals surface area contributed by atoms with Crippen LogP contribution in [0.15, 0.2) is 47.4 Å². The van der Waals surface area contributed by atoms with Gasteiger partial charge in [0.1, 0.15) is 6.04 Å². The second kappa shape index (κ2) is 9.51. The van der Waals surface area contributed by atoms with Gasteiger partial charge in [-0.3, -0.25) is 14.3 Å². The van der Waals surface area contributed by atoms with Crippen molar-refractivity contribution in [3.8, 4) is 0 Å². The molecule has 0 spiro atoms. The lowest BCUT2D eigenvalue weighted by atomic mass is 10.1. The molecule has 0 bridgehead atoms. The Morgan fingerprint density at radius 3 is 2.48 bits per heavy atom. The highest BCUT2D eigenvalue weighted by atomic mass is 32.2. The van der Waals surface area contributed by atoms with Crippen molar-refractivity contribution in [1.29, 1.82) is 0 Å². The Morgan fingerprint density at radius 2 is 1.81 bits per heavy atom. The van der Waals surface area contributed by atoms with Gasteiger partial charge in [0.25, 0.3) is 15.9 Å². The summed E-state index contributed by atoms with van der Waals surface area (Å²) in [5.74, 6) is -0.344. The molecular formula is C23H29N3O4S. The van der Waals surface area contributed by atoms with Crippen LogP contribution in [-0.4, -0.2) is 44.3 Å². The Morgan fingerprint density at radius 1 is 1.10 bits per heavy atom. The highest BCUT2D eigenvalue weighted by Crippen LogP contribution is 2.23. The molecule has 2 aromatic rings. The minimum Gasteiger partial charge on any atom is -0.354 e. The monoisotopic (exact) mass is 443 g/mol. The van der Waals surface area contributed by atoms with Crippen LogP contribution in [0.3, 0.4) is 0 Å². The summed E-state index contributed by atoms with van der Waals surface area (Å²) in [6, 6.07) is 11.1. The van der Waals surface area contributed by atoms with Crippen molar-refractivity contribution in [1.82, 2.24) is 10.2 Å². The number of rotatable bonds is 7. The van der Waals surface area contributed by atoms with Crippen molar-refractivity contribution in [3.05, 3.63) is 59.2 Å². The first-order chi connectivity index (χ1) is 14.7. The van der Waals surface area contributed by atoms with Crippen molar-refractivity contribution < 1.29 is 18.0 Å². The van der Waals surface area contributed by atoms with Crippen LogP contribution in [0.25, 0.3) is 0 Å². The molecular weight excluding hydrogens is 414 g/mol. The Labute approximate surface area is 183 Å². The highest BCUT2D eigenvalue weighted by molar-refractivity contribution is 7.92. The molecule has 0 radical (unpaired) electrons. The van der Waals surface area contributed by atoms with Crippen LogP contribution in [0.1, 0.15) is 47.7 Å². The molecule has 2 aromatic carbocycles. The third kappa shape index (κ3) is 5.25. The summed E-state index contributed by atoms with van der Waals surface area (Å²) < 4.78 is 28.1. The van der Waals surface area contributed by atoms with Gasteiger partial charge in [0.15, 0.2) is 0 Å². The first-order valence-corrected chi connectivity index (χ1v) is 12.0. The van der Waals surface area contributed by atoms with E-state index in [1.54, 1.807) is 48.2 Å². The standard InChI is InChI=1S/C23H29N3O4S/c1-4-13-24-22(27)20-6-5-14-26(20)23(28)18-9-11-19(12-10-18)25-31(29,30)21-15-16(2)7-8-17(21)3/h7-12,15,20,25H,4-6,13-14H2,1-3H3,(H,24,27)/t20-/m0/s1. The van der Waals surface area contributed by atoms with Gasteiger partial charge in [-0.1, -0.05) is 19.1 Å². The number of benzene rings is 2. The van der Waals surface area contributed by atoms with Crippen molar-refractivity contribution in [2.45, 2.75) is 51.0 Å². The van der Waals surface area contributed by atoms with E-state index in [2.05, 4.69) is 10.0 Å². The number of sulfonamides is 1. The topological polar surface area (TPSA) is 95.6 Å². The first-order valence-electron chi connectivity index (χ1n) is 10.5. The lowest BCUT2D eigenvalue weighted by molar-refractivity contribution is -0.124. The molecule has 2 N–H and O–H groups in total. The number of amides is 2. The number of nitrogens with one attached hydrogen (secondary N) is 2. The van der Waals surface area contributed by atoms with Gasteiger partial charge in [-0.25, -0.2) is 8.42 Å². The Hall–Kier alpha value is -2.87. The molecule has 1 aliphatic heterocycles. The fourth-order valence-corrected chi connectivity index (χ4v) is 5.09. The van der Waals surface area contributed by atoms with Crippen molar-refractivity contribution in [2.75, 3.05) is 17.8 Å². The largest absolute Gasteiger partial charge is 0.354 e. The molecule has 1 fully saturated rings. The molecule has 31 heavy (non-hydrogen) atoms. The number of likely N-dealkylation sites (tertiary alicyclic amines) is 1. The predicted molar refractivity (Wildman–Crippen MR) is 121 cm³/mol. The molecule has 8 heteroatoms. The van der Waals surface area contributed by atoms with Gasteiger partial charge in [0.05, 0.1) is 4.90 Å². The zero-order chi connectivity index (χ0) is 22.6. The maximum Gasteiger partial charge on any atom is 0.262 e. The molecule has 1 heterocycles. The minimum absolute atomic E-state index is 0.120. The van der Waals surface area contributed by atoms with E-state index in [1.165, 1.54) is 0 Å². The Kier molecular flexibility index (Phi) is 7.00. The summed E-state index contributed by atoms with van der Waals surface area (Å²) in [4.78, 5) is 27.1. The van der Waals surface area contributed by atoms with Crippen molar-refractivity contribution in [2.24, 2.45) is 0 Å². The van der Waals surface area contributed by atoms with Crippen LogP contribution in [0.4, 0.5) is 5.69 Å². The third-order valence-electron chi connectivity index (χ3n) is 5.38. The number of anilines is 1. The molecule has 166 valence electrons.